The average molecular weight is 349 g/mol. The fraction of sp³-hybridized carbons (Fsp3) is 0.529. The van der Waals surface area contributed by atoms with Gasteiger partial charge in [-0.3, -0.25) is 0 Å². The topological polar surface area (TPSA) is 76.3 Å². The molecule has 1 aliphatic rings. The average Bonchev–Trinajstić information content (AvgIpc) is 3.03. The van der Waals surface area contributed by atoms with Crippen LogP contribution in [0.5, 0.6) is 0 Å². The van der Waals surface area contributed by atoms with Crippen molar-refractivity contribution in [2.45, 2.75) is 43.9 Å². The zero-order valence-electron chi connectivity index (χ0n) is 14.1. The van der Waals surface area contributed by atoms with Crippen LogP contribution >= 0.6 is 0 Å². The largest absolute Gasteiger partial charge is 0.339 e. The van der Waals surface area contributed by atoms with Crippen LogP contribution in [0, 0.1) is 5.92 Å². The quantitative estimate of drug-likeness (QED) is 0.829. The minimum absolute atomic E-state index is 0.139. The van der Waals surface area contributed by atoms with Crippen molar-refractivity contribution in [3.05, 3.63) is 42.0 Å². The Labute approximate surface area is 142 Å². The molecule has 0 aliphatic carbocycles. The molecule has 3 rings (SSSR count). The van der Waals surface area contributed by atoms with E-state index in [1.54, 1.807) is 28.6 Å². The van der Waals surface area contributed by atoms with Gasteiger partial charge in [-0.05, 0) is 30.9 Å². The highest BCUT2D eigenvalue weighted by atomic mass is 32.2. The Balaban J connectivity index is 1.64. The lowest BCUT2D eigenvalue weighted by atomic mass is 9.98. The van der Waals surface area contributed by atoms with Gasteiger partial charge in [0.25, 0.3) is 0 Å². The van der Waals surface area contributed by atoms with Crippen molar-refractivity contribution in [1.82, 2.24) is 14.4 Å². The molecule has 2 heterocycles. The molecular formula is C17H23N3O3S. The Bertz CT molecular complexity index is 763. The molecule has 1 aliphatic heterocycles. The van der Waals surface area contributed by atoms with Gasteiger partial charge in [0.15, 0.2) is 5.82 Å². The number of aromatic nitrogens is 2. The normalized spacial score (nSPS) is 17.5. The highest BCUT2D eigenvalue weighted by molar-refractivity contribution is 7.89. The van der Waals surface area contributed by atoms with Gasteiger partial charge >= 0.3 is 0 Å². The fourth-order valence-electron chi connectivity index (χ4n) is 2.97. The molecule has 1 fully saturated rings. The minimum atomic E-state index is -3.41. The number of nitrogens with zero attached hydrogens (tertiary/aromatic N) is 3. The summed E-state index contributed by atoms with van der Waals surface area (Å²) in [4.78, 5) is 4.82. The molecule has 24 heavy (non-hydrogen) atoms. The highest BCUT2D eigenvalue weighted by Gasteiger charge is 2.32. The van der Waals surface area contributed by atoms with E-state index in [0.29, 0.717) is 42.6 Å². The SMILES string of the molecule is CC(C)Cc1noc(C2CCN(S(=O)(=O)c3ccccc3)CC2)n1. The van der Waals surface area contributed by atoms with Crippen LogP contribution in [0.1, 0.15) is 44.3 Å². The summed E-state index contributed by atoms with van der Waals surface area (Å²) in [6.45, 7) is 5.18. The van der Waals surface area contributed by atoms with E-state index in [0.717, 1.165) is 12.2 Å². The summed E-state index contributed by atoms with van der Waals surface area (Å²) in [5.41, 5.74) is 0. The molecule has 0 atom stereocenters. The lowest BCUT2D eigenvalue weighted by Gasteiger charge is -2.29. The van der Waals surface area contributed by atoms with Crippen molar-refractivity contribution < 1.29 is 12.9 Å². The fourth-order valence-corrected chi connectivity index (χ4v) is 4.46. The van der Waals surface area contributed by atoms with Gasteiger partial charge in [-0.2, -0.15) is 9.29 Å². The molecule has 1 aromatic heterocycles. The molecule has 130 valence electrons. The lowest BCUT2D eigenvalue weighted by Crippen LogP contribution is -2.37. The maximum Gasteiger partial charge on any atom is 0.243 e. The third kappa shape index (κ3) is 3.67. The predicted molar refractivity (Wildman–Crippen MR) is 90.0 cm³/mol. The van der Waals surface area contributed by atoms with Crippen molar-refractivity contribution in [1.29, 1.82) is 0 Å². The van der Waals surface area contributed by atoms with Crippen molar-refractivity contribution in [2.75, 3.05) is 13.1 Å². The summed E-state index contributed by atoms with van der Waals surface area (Å²) < 4.78 is 32.2. The molecule has 0 unspecified atom stereocenters. The summed E-state index contributed by atoms with van der Waals surface area (Å²) in [5, 5.41) is 4.03. The number of benzene rings is 1. The van der Waals surface area contributed by atoms with Crippen LogP contribution in [-0.4, -0.2) is 36.0 Å². The van der Waals surface area contributed by atoms with Crippen molar-refractivity contribution in [3.8, 4) is 0 Å². The van der Waals surface area contributed by atoms with Gasteiger partial charge in [0.2, 0.25) is 15.9 Å². The lowest BCUT2D eigenvalue weighted by molar-refractivity contribution is 0.270. The third-order valence-electron chi connectivity index (χ3n) is 4.26. The van der Waals surface area contributed by atoms with E-state index in [9.17, 15) is 8.42 Å². The van der Waals surface area contributed by atoms with Crippen LogP contribution in [0.25, 0.3) is 0 Å². The second-order valence-electron chi connectivity index (χ2n) is 6.64. The van der Waals surface area contributed by atoms with Gasteiger partial charge in [0.05, 0.1) is 4.90 Å². The van der Waals surface area contributed by atoms with Crippen molar-refractivity contribution in [3.63, 3.8) is 0 Å². The summed E-state index contributed by atoms with van der Waals surface area (Å²) in [6.07, 6.45) is 2.20. The van der Waals surface area contributed by atoms with Gasteiger partial charge < -0.3 is 4.52 Å². The smallest absolute Gasteiger partial charge is 0.243 e. The first-order chi connectivity index (χ1) is 11.5. The zero-order chi connectivity index (χ0) is 17.2. The van der Waals surface area contributed by atoms with Crippen LogP contribution in [0.15, 0.2) is 39.8 Å². The molecule has 0 radical (unpaired) electrons. The number of hydrogen-bond donors (Lipinski definition) is 0. The third-order valence-corrected chi connectivity index (χ3v) is 6.17. The molecule has 1 aromatic carbocycles. The highest BCUT2D eigenvalue weighted by Crippen LogP contribution is 2.30. The first kappa shape index (κ1) is 17.1. The van der Waals surface area contributed by atoms with Crippen molar-refractivity contribution >= 4 is 10.0 Å². The Hall–Kier alpha value is -1.73. The zero-order valence-corrected chi connectivity index (χ0v) is 14.9. The Morgan fingerprint density at radius 3 is 2.50 bits per heavy atom. The molecular weight excluding hydrogens is 326 g/mol. The van der Waals surface area contributed by atoms with E-state index in [2.05, 4.69) is 24.0 Å². The molecule has 0 bridgehead atoms. The number of piperidine rings is 1. The van der Waals surface area contributed by atoms with E-state index < -0.39 is 10.0 Å². The molecule has 1 saturated heterocycles. The summed E-state index contributed by atoms with van der Waals surface area (Å²) in [7, 11) is -3.41. The Morgan fingerprint density at radius 1 is 1.21 bits per heavy atom. The maximum atomic E-state index is 12.6. The maximum absolute atomic E-state index is 12.6. The van der Waals surface area contributed by atoms with Gasteiger partial charge in [-0.25, -0.2) is 8.42 Å². The second kappa shape index (κ2) is 7.03. The summed E-state index contributed by atoms with van der Waals surface area (Å²) in [6, 6.07) is 8.58. The van der Waals surface area contributed by atoms with E-state index in [-0.39, 0.29) is 5.92 Å². The molecule has 2 aromatic rings. The van der Waals surface area contributed by atoms with Gasteiger partial charge in [0, 0.05) is 25.4 Å². The molecule has 0 spiro atoms. The van der Waals surface area contributed by atoms with E-state index in [1.807, 2.05) is 6.07 Å². The number of sulfonamides is 1. The van der Waals surface area contributed by atoms with Crippen LogP contribution in [0.2, 0.25) is 0 Å². The molecule has 7 heteroatoms. The summed E-state index contributed by atoms with van der Waals surface area (Å²) >= 11 is 0. The predicted octanol–water partition coefficient (Wildman–Crippen LogP) is 2.84. The van der Waals surface area contributed by atoms with Gasteiger partial charge in [0.1, 0.15) is 0 Å². The molecule has 0 amide bonds. The number of hydrogen-bond acceptors (Lipinski definition) is 5. The van der Waals surface area contributed by atoms with E-state index in [1.165, 1.54) is 0 Å². The standard InChI is InChI=1S/C17H23N3O3S/c1-13(2)12-16-18-17(23-19-16)14-8-10-20(11-9-14)24(21,22)15-6-4-3-5-7-15/h3-7,13-14H,8-12H2,1-2H3. The van der Waals surface area contributed by atoms with Gasteiger partial charge in [-0.15, -0.1) is 0 Å². The van der Waals surface area contributed by atoms with Crippen molar-refractivity contribution in [2.24, 2.45) is 5.92 Å². The van der Waals surface area contributed by atoms with Crippen LogP contribution in [0.4, 0.5) is 0 Å². The monoisotopic (exact) mass is 349 g/mol. The molecule has 0 saturated carbocycles. The van der Waals surface area contributed by atoms with Crippen LogP contribution < -0.4 is 0 Å². The minimum Gasteiger partial charge on any atom is -0.339 e. The van der Waals surface area contributed by atoms with E-state index >= 15 is 0 Å². The number of rotatable bonds is 5. The van der Waals surface area contributed by atoms with Gasteiger partial charge in [-0.1, -0.05) is 37.2 Å². The summed E-state index contributed by atoms with van der Waals surface area (Å²) in [5.74, 6) is 2.00. The molecule has 6 nitrogen and oxygen atoms in total. The Kier molecular flexibility index (Phi) is 5.01. The molecule has 0 N–H and O–H groups in total. The van der Waals surface area contributed by atoms with Crippen LogP contribution in [0.3, 0.4) is 0 Å². The van der Waals surface area contributed by atoms with E-state index in [4.69, 9.17) is 4.52 Å². The first-order valence-corrected chi connectivity index (χ1v) is 9.78. The second-order valence-corrected chi connectivity index (χ2v) is 8.58. The Morgan fingerprint density at radius 2 is 1.88 bits per heavy atom. The van der Waals surface area contributed by atoms with Crippen LogP contribution in [-0.2, 0) is 16.4 Å². The first-order valence-electron chi connectivity index (χ1n) is 8.34.